The molecule has 2 aromatic rings. The van der Waals surface area contributed by atoms with Crippen molar-refractivity contribution in [1.82, 2.24) is 0 Å². The monoisotopic (exact) mass is 472 g/mol. The Labute approximate surface area is 198 Å². The molecule has 33 heavy (non-hydrogen) atoms. The minimum absolute atomic E-state index is 0.169. The fourth-order valence-electron chi connectivity index (χ4n) is 4.76. The van der Waals surface area contributed by atoms with E-state index in [4.69, 9.17) is 9.47 Å². The Balaban J connectivity index is 1.49. The third kappa shape index (κ3) is 5.23. The second kappa shape index (κ2) is 9.08. The van der Waals surface area contributed by atoms with E-state index >= 15 is 0 Å². The van der Waals surface area contributed by atoms with Crippen molar-refractivity contribution < 1.29 is 24.2 Å². The van der Waals surface area contributed by atoms with Crippen molar-refractivity contribution in [3.05, 3.63) is 45.8 Å². The molecule has 7 nitrogen and oxygen atoms in total. The molecule has 4 rings (SSSR count). The van der Waals surface area contributed by atoms with Crippen LogP contribution in [0.4, 0.5) is 10.7 Å². The van der Waals surface area contributed by atoms with E-state index in [0.717, 1.165) is 48.7 Å². The number of nitrogens with one attached hydrogen (secondary N) is 2. The minimum Gasteiger partial charge on any atom is -0.478 e. The van der Waals surface area contributed by atoms with Crippen molar-refractivity contribution in [3.8, 4) is 0 Å². The van der Waals surface area contributed by atoms with Gasteiger partial charge >= 0.3 is 5.97 Å². The quantitative estimate of drug-likeness (QED) is 0.540. The van der Waals surface area contributed by atoms with Crippen LogP contribution in [-0.4, -0.2) is 42.3 Å². The van der Waals surface area contributed by atoms with Gasteiger partial charge in [-0.15, -0.1) is 11.3 Å². The maximum Gasteiger partial charge on any atom is 0.339 e. The molecule has 0 bridgehead atoms. The summed E-state index contributed by atoms with van der Waals surface area (Å²) in [5.41, 5.74) is 1.23. The molecule has 1 aromatic carbocycles. The summed E-state index contributed by atoms with van der Waals surface area (Å²) < 4.78 is 11.6. The van der Waals surface area contributed by atoms with Crippen LogP contribution in [0.2, 0.25) is 0 Å². The van der Waals surface area contributed by atoms with Gasteiger partial charge in [-0.3, -0.25) is 4.79 Å². The van der Waals surface area contributed by atoms with E-state index in [1.54, 1.807) is 12.1 Å². The molecule has 1 fully saturated rings. The van der Waals surface area contributed by atoms with E-state index in [9.17, 15) is 14.7 Å². The molecule has 0 radical (unpaired) electrons. The van der Waals surface area contributed by atoms with Crippen molar-refractivity contribution in [1.29, 1.82) is 0 Å². The third-order valence-corrected chi connectivity index (χ3v) is 7.66. The summed E-state index contributed by atoms with van der Waals surface area (Å²) in [5, 5.41) is 16.6. The first kappa shape index (κ1) is 23.7. The molecule has 1 saturated heterocycles. The predicted molar refractivity (Wildman–Crippen MR) is 130 cm³/mol. The minimum atomic E-state index is -1.04. The fraction of sp³-hybridized carbons (Fsp3) is 0.520. The average Bonchev–Trinajstić information content (AvgIpc) is 3.10. The average molecular weight is 473 g/mol. The molecule has 178 valence electrons. The van der Waals surface area contributed by atoms with Crippen molar-refractivity contribution in [2.45, 2.75) is 58.2 Å². The Morgan fingerprint density at radius 2 is 1.79 bits per heavy atom. The fourth-order valence-corrected chi connectivity index (χ4v) is 6.01. The van der Waals surface area contributed by atoms with E-state index in [0.29, 0.717) is 22.9 Å². The van der Waals surface area contributed by atoms with Crippen LogP contribution in [0.1, 0.15) is 71.7 Å². The summed E-state index contributed by atoms with van der Waals surface area (Å²) in [6.07, 6.45) is 2.60. The molecule has 1 aromatic heterocycles. The zero-order chi connectivity index (χ0) is 23.8. The molecular weight excluding hydrogens is 440 g/mol. The van der Waals surface area contributed by atoms with Crippen molar-refractivity contribution >= 4 is 33.9 Å². The number of benzene rings is 1. The number of fused-ring (bicyclic) bond motifs is 1. The summed E-state index contributed by atoms with van der Waals surface area (Å²) in [4.78, 5) is 25.9. The third-order valence-electron chi connectivity index (χ3n) is 6.21. The number of carboxylic acids is 1. The molecule has 0 spiro atoms. The highest BCUT2D eigenvalue weighted by Crippen LogP contribution is 2.48. The van der Waals surface area contributed by atoms with E-state index in [2.05, 4.69) is 10.6 Å². The Bertz CT molecular complexity index is 1040. The van der Waals surface area contributed by atoms with Gasteiger partial charge in [0.2, 0.25) is 0 Å². The molecule has 0 unspecified atom stereocenters. The lowest BCUT2D eigenvalue weighted by Crippen LogP contribution is -2.41. The van der Waals surface area contributed by atoms with E-state index in [1.165, 1.54) is 11.3 Å². The zero-order valence-corrected chi connectivity index (χ0v) is 20.4. The Hall–Kier alpha value is -2.42. The molecule has 0 saturated carbocycles. The number of carbonyl (C=O) groups is 2. The van der Waals surface area contributed by atoms with Gasteiger partial charge in [-0.05, 0) is 76.3 Å². The standard InChI is InChI=1S/C25H32N2O5S/c1-24(2)13-18-19(23(29)30)22(33-20(18)25(3,4)32-24)27-21(28)16-5-7-17(8-6-16)26-14-15-9-11-31-12-10-15/h5-8,15,26H,9-14H2,1-4H3,(H,27,28)(H,29,30). The Kier molecular flexibility index (Phi) is 6.53. The van der Waals surface area contributed by atoms with Gasteiger partial charge < -0.3 is 25.2 Å². The van der Waals surface area contributed by atoms with Gasteiger partial charge in [-0.25, -0.2) is 4.79 Å². The number of carbonyl (C=O) groups excluding carboxylic acids is 1. The van der Waals surface area contributed by atoms with Crippen LogP contribution in [0.15, 0.2) is 24.3 Å². The van der Waals surface area contributed by atoms with Crippen LogP contribution >= 0.6 is 11.3 Å². The first-order valence-corrected chi connectivity index (χ1v) is 12.2. The molecule has 8 heteroatoms. The largest absolute Gasteiger partial charge is 0.478 e. The number of rotatable bonds is 6. The van der Waals surface area contributed by atoms with Gasteiger partial charge in [0.15, 0.2) is 0 Å². The Morgan fingerprint density at radius 1 is 1.12 bits per heavy atom. The molecule has 3 N–H and O–H groups in total. The second-order valence-electron chi connectivity index (χ2n) is 9.94. The Morgan fingerprint density at radius 3 is 2.42 bits per heavy atom. The predicted octanol–water partition coefficient (Wildman–Crippen LogP) is 5.12. The lowest BCUT2D eigenvalue weighted by molar-refractivity contribution is -0.135. The van der Waals surface area contributed by atoms with Gasteiger partial charge in [-0.2, -0.15) is 0 Å². The van der Waals surface area contributed by atoms with Gasteiger partial charge in [-0.1, -0.05) is 0 Å². The molecule has 2 aliphatic heterocycles. The van der Waals surface area contributed by atoms with Crippen LogP contribution < -0.4 is 10.6 Å². The highest BCUT2D eigenvalue weighted by molar-refractivity contribution is 7.17. The summed E-state index contributed by atoms with van der Waals surface area (Å²) >= 11 is 1.29. The second-order valence-corrected chi connectivity index (χ2v) is 11.0. The summed E-state index contributed by atoms with van der Waals surface area (Å²) in [6.45, 7) is 10.3. The van der Waals surface area contributed by atoms with Gasteiger partial charge in [0, 0.05) is 42.3 Å². The highest BCUT2D eigenvalue weighted by atomic mass is 32.1. The number of aromatic carboxylic acids is 1. The SMILES string of the molecule is CC1(C)Cc2c(sc(NC(=O)c3ccc(NCC4CCOCC4)cc3)c2C(=O)O)C(C)(C)O1. The van der Waals surface area contributed by atoms with Gasteiger partial charge in [0.05, 0.1) is 16.8 Å². The normalized spacial score (nSPS) is 19.5. The number of anilines is 2. The summed E-state index contributed by atoms with van der Waals surface area (Å²) in [5.74, 6) is -0.770. The van der Waals surface area contributed by atoms with Crippen LogP contribution in [0.25, 0.3) is 0 Å². The summed E-state index contributed by atoms with van der Waals surface area (Å²) in [7, 11) is 0. The topological polar surface area (TPSA) is 96.9 Å². The number of ether oxygens (including phenoxy) is 2. The number of thiophene rings is 1. The van der Waals surface area contributed by atoms with E-state index in [1.807, 2.05) is 39.8 Å². The smallest absolute Gasteiger partial charge is 0.339 e. The first-order valence-electron chi connectivity index (χ1n) is 11.4. The number of hydrogen-bond acceptors (Lipinski definition) is 6. The lowest BCUT2D eigenvalue weighted by Gasteiger charge is -2.41. The van der Waals surface area contributed by atoms with Crippen LogP contribution in [-0.2, 0) is 21.5 Å². The van der Waals surface area contributed by atoms with E-state index in [-0.39, 0.29) is 11.5 Å². The van der Waals surface area contributed by atoms with Crippen molar-refractivity contribution in [2.24, 2.45) is 5.92 Å². The van der Waals surface area contributed by atoms with Gasteiger partial charge in [0.25, 0.3) is 5.91 Å². The van der Waals surface area contributed by atoms with Crippen molar-refractivity contribution in [3.63, 3.8) is 0 Å². The maximum absolute atomic E-state index is 12.9. The molecule has 3 heterocycles. The number of amides is 1. The van der Waals surface area contributed by atoms with Crippen molar-refractivity contribution in [2.75, 3.05) is 30.4 Å². The molecule has 0 atom stereocenters. The van der Waals surface area contributed by atoms with E-state index < -0.39 is 17.2 Å². The first-order chi connectivity index (χ1) is 15.6. The molecule has 0 aliphatic carbocycles. The maximum atomic E-state index is 12.9. The molecular formula is C25H32N2O5S. The zero-order valence-electron chi connectivity index (χ0n) is 19.6. The molecule has 1 amide bonds. The van der Waals surface area contributed by atoms with Crippen LogP contribution in [0.5, 0.6) is 0 Å². The highest BCUT2D eigenvalue weighted by Gasteiger charge is 2.43. The summed E-state index contributed by atoms with van der Waals surface area (Å²) in [6, 6.07) is 7.27. The lowest BCUT2D eigenvalue weighted by atomic mass is 9.86. The number of hydrogen-bond donors (Lipinski definition) is 3. The van der Waals surface area contributed by atoms with Crippen LogP contribution in [0.3, 0.4) is 0 Å². The number of carboxylic acid groups (broad SMARTS) is 1. The molecule has 2 aliphatic rings. The van der Waals surface area contributed by atoms with Gasteiger partial charge in [0.1, 0.15) is 5.00 Å². The van der Waals surface area contributed by atoms with Crippen LogP contribution in [0, 0.1) is 5.92 Å².